The molecule has 0 saturated heterocycles. The second-order valence-corrected chi connectivity index (χ2v) is 6.53. The zero-order valence-corrected chi connectivity index (χ0v) is 13.0. The van der Waals surface area contributed by atoms with Crippen molar-refractivity contribution in [2.45, 2.75) is 31.9 Å². The molecule has 1 atom stereocenters. The summed E-state index contributed by atoms with van der Waals surface area (Å²) in [6, 6.07) is 11.0. The first-order valence-electron chi connectivity index (χ1n) is 6.59. The van der Waals surface area contributed by atoms with Gasteiger partial charge in [-0.3, -0.25) is 0 Å². The number of rotatable bonds is 1. The van der Waals surface area contributed by atoms with E-state index < -0.39 is 0 Å². The van der Waals surface area contributed by atoms with E-state index in [1.54, 1.807) is 0 Å². The second kappa shape index (κ2) is 4.50. The van der Waals surface area contributed by atoms with E-state index in [0.29, 0.717) is 6.04 Å². The number of halogens is 1. The minimum absolute atomic E-state index is 0.147. The van der Waals surface area contributed by atoms with E-state index in [4.69, 9.17) is 4.74 Å². The van der Waals surface area contributed by atoms with Crippen LogP contribution in [-0.2, 0) is 0 Å². The third-order valence-electron chi connectivity index (χ3n) is 3.77. The minimum atomic E-state index is -0.147. The number of nitrogens with one attached hydrogen (secondary N) is 1. The Balaban J connectivity index is 2.28. The Labute approximate surface area is 122 Å². The molecule has 100 valence electrons. The summed E-state index contributed by atoms with van der Waals surface area (Å²) in [5.74, 6) is 0.981. The summed E-state index contributed by atoms with van der Waals surface area (Å²) in [7, 11) is 2.01. The lowest BCUT2D eigenvalue weighted by Crippen LogP contribution is -2.38. The van der Waals surface area contributed by atoms with E-state index in [-0.39, 0.29) is 5.60 Å². The van der Waals surface area contributed by atoms with Crippen molar-refractivity contribution in [1.29, 1.82) is 0 Å². The molecule has 0 spiro atoms. The molecule has 1 heterocycles. The molecule has 0 fully saturated rings. The predicted molar refractivity (Wildman–Crippen MR) is 82.8 cm³/mol. The molecule has 2 aromatic rings. The number of fused-ring (bicyclic) bond motifs is 2. The van der Waals surface area contributed by atoms with Crippen LogP contribution in [0.2, 0.25) is 0 Å². The zero-order chi connectivity index (χ0) is 13.6. The molecule has 0 radical (unpaired) electrons. The molecule has 19 heavy (non-hydrogen) atoms. The summed E-state index contributed by atoms with van der Waals surface area (Å²) in [4.78, 5) is 0. The molecule has 2 aromatic carbocycles. The van der Waals surface area contributed by atoms with Crippen LogP contribution in [0.15, 0.2) is 34.8 Å². The van der Waals surface area contributed by atoms with E-state index >= 15 is 0 Å². The number of hydrogen-bond donors (Lipinski definition) is 1. The van der Waals surface area contributed by atoms with E-state index in [2.05, 4.69) is 65.4 Å². The molecule has 0 amide bonds. The highest BCUT2D eigenvalue weighted by Gasteiger charge is 2.34. The quantitative estimate of drug-likeness (QED) is 0.839. The van der Waals surface area contributed by atoms with Crippen molar-refractivity contribution in [3.05, 3.63) is 40.4 Å². The minimum Gasteiger partial charge on any atom is -0.486 e. The van der Waals surface area contributed by atoms with Crippen LogP contribution >= 0.6 is 15.9 Å². The fourth-order valence-corrected chi connectivity index (χ4v) is 3.52. The second-order valence-electron chi connectivity index (χ2n) is 5.74. The van der Waals surface area contributed by atoms with E-state index in [0.717, 1.165) is 16.6 Å². The maximum absolute atomic E-state index is 6.20. The average Bonchev–Trinajstić information content (AvgIpc) is 2.39. The summed E-state index contributed by atoms with van der Waals surface area (Å²) in [5, 5.41) is 5.86. The van der Waals surface area contributed by atoms with Gasteiger partial charge in [-0.1, -0.05) is 24.3 Å². The summed E-state index contributed by atoms with van der Waals surface area (Å²) < 4.78 is 7.27. The SMILES string of the molecule is CNC1CC(C)(C)Oc2c1cc1ccccc1c2Br. The largest absolute Gasteiger partial charge is 0.486 e. The molecule has 1 aliphatic rings. The van der Waals surface area contributed by atoms with E-state index in [1.807, 2.05) is 7.05 Å². The van der Waals surface area contributed by atoms with Crippen LogP contribution in [0.5, 0.6) is 5.75 Å². The first-order chi connectivity index (χ1) is 9.02. The van der Waals surface area contributed by atoms with Gasteiger partial charge >= 0.3 is 0 Å². The molecule has 3 rings (SSSR count). The highest BCUT2D eigenvalue weighted by atomic mass is 79.9. The molecule has 0 saturated carbocycles. The maximum atomic E-state index is 6.20. The summed E-state index contributed by atoms with van der Waals surface area (Å²) in [6.45, 7) is 4.28. The van der Waals surface area contributed by atoms with E-state index in [1.165, 1.54) is 16.3 Å². The van der Waals surface area contributed by atoms with Crippen LogP contribution in [0.3, 0.4) is 0 Å². The molecular weight excluding hydrogens is 302 g/mol. The van der Waals surface area contributed by atoms with Crippen molar-refractivity contribution in [3.63, 3.8) is 0 Å². The molecule has 0 bridgehead atoms. The molecule has 0 aromatic heterocycles. The Bertz CT molecular complexity index is 636. The van der Waals surface area contributed by atoms with Crippen LogP contribution in [0.4, 0.5) is 0 Å². The maximum Gasteiger partial charge on any atom is 0.139 e. The van der Waals surface area contributed by atoms with Gasteiger partial charge in [0.2, 0.25) is 0 Å². The first kappa shape index (κ1) is 12.9. The van der Waals surface area contributed by atoms with Crippen molar-refractivity contribution in [3.8, 4) is 5.75 Å². The van der Waals surface area contributed by atoms with Gasteiger partial charge in [0.25, 0.3) is 0 Å². The highest BCUT2D eigenvalue weighted by Crippen LogP contribution is 2.46. The zero-order valence-electron chi connectivity index (χ0n) is 11.5. The number of benzene rings is 2. The highest BCUT2D eigenvalue weighted by molar-refractivity contribution is 9.10. The average molecular weight is 320 g/mol. The molecule has 1 unspecified atom stereocenters. The van der Waals surface area contributed by atoms with Crippen LogP contribution < -0.4 is 10.1 Å². The fourth-order valence-electron chi connectivity index (χ4n) is 2.84. The van der Waals surface area contributed by atoms with Crippen LogP contribution in [0.1, 0.15) is 31.9 Å². The van der Waals surface area contributed by atoms with Gasteiger partial charge in [-0.25, -0.2) is 0 Å². The van der Waals surface area contributed by atoms with Crippen molar-refractivity contribution >= 4 is 26.7 Å². The molecule has 2 nitrogen and oxygen atoms in total. The Morgan fingerprint density at radius 1 is 1.32 bits per heavy atom. The number of hydrogen-bond acceptors (Lipinski definition) is 2. The van der Waals surface area contributed by atoms with Crippen molar-refractivity contribution in [2.24, 2.45) is 0 Å². The Morgan fingerprint density at radius 3 is 2.79 bits per heavy atom. The van der Waals surface area contributed by atoms with Gasteiger partial charge in [0.1, 0.15) is 11.4 Å². The summed E-state index contributed by atoms with van der Waals surface area (Å²) in [5.41, 5.74) is 1.10. The standard InChI is InChI=1S/C16H18BrNO/c1-16(2)9-13(18-3)12-8-10-6-4-5-7-11(10)14(17)15(12)19-16/h4-8,13,18H,9H2,1-3H3. The summed E-state index contributed by atoms with van der Waals surface area (Å²) >= 11 is 3.72. The Morgan fingerprint density at radius 2 is 2.05 bits per heavy atom. The summed E-state index contributed by atoms with van der Waals surface area (Å²) in [6.07, 6.45) is 0.973. The van der Waals surface area contributed by atoms with Crippen LogP contribution in [-0.4, -0.2) is 12.6 Å². The van der Waals surface area contributed by atoms with Crippen LogP contribution in [0.25, 0.3) is 10.8 Å². The van der Waals surface area contributed by atoms with Gasteiger partial charge in [0.15, 0.2) is 0 Å². The Kier molecular flexibility index (Phi) is 3.06. The smallest absolute Gasteiger partial charge is 0.139 e. The van der Waals surface area contributed by atoms with Crippen molar-refractivity contribution in [1.82, 2.24) is 5.32 Å². The third kappa shape index (κ3) is 2.15. The normalized spacial score (nSPS) is 20.9. The fraction of sp³-hybridized carbons (Fsp3) is 0.375. The van der Waals surface area contributed by atoms with Gasteiger partial charge in [-0.15, -0.1) is 0 Å². The lowest BCUT2D eigenvalue weighted by atomic mass is 9.88. The van der Waals surface area contributed by atoms with Gasteiger partial charge in [0, 0.05) is 18.0 Å². The van der Waals surface area contributed by atoms with Gasteiger partial charge in [-0.2, -0.15) is 0 Å². The predicted octanol–water partition coefficient (Wildman–Crippen LogP) is 4.42. The van der Waals surface area contributed by atoms with E-state index in [9.17, 15) is 0 Å². The third-order valence-corrected chi connectivity index (χ3v) is 4.56. The lowest BCUT2D eigenvalue weighted by Gasteiger charge is -2.38. The van der Waals surface area contributed by atoms with Crippen LogP contribution in [0, 0.1) is 0 Å². The molecule has 3 heteroatoms. The first-order valence-corrected chi connectivity index (χ1v) is 7.38. The lowest BCUT2D eigenvalue weighted by molar-refractivity contribution is 0.0668. The molecule has 1 aliphatic heterocycles. The molecule has 1 N–H and O–H groups in total. The van der Waals surface area contributed by atoms with Gasteiger partial charge in [-0.05, 0) is 53.7 Å². The molecule has 0 aliphatic carbocycles. The monoisotopic (exact) mass is 319 g/mol. The number of ether oxygens (including phenoxy) is 1. The van der Waals surface area contributed by atoms with Crippen molar-refractivity contribution < 1.29 is 4.74 Å². The Hall–Kier alpha value is -1.06. The molecular formula is C16H18BrNO. The van der Waals surface area contributed by atoms with Crippen molar-refractivity contribution in [2.75, 3.05) is 7.05 Å². The topological polar surface area (TPSA) is 21.3 Å². The van der Waals surface area contributed by atoms with Gasteiger partial charge < -0.3 is 10.1 Å². The van der Waals surface area contributed by atoms with Gasteiger partial charge in [0.05, 0.1) is 4.47 Å².